The van der Waals surface area contributed by atoms with Crippen molar-refractivity contribution < 1.29 is 19.1 Å². The molecule has 1 atom stereocenters. The number of furan rings is 1. The van der Waals surface area contributed by atoms with Gasteiger partial charge < -0.3 is 14.3 Å². The van der Waals surface area contributed by atoms with E-state index in [2.05, 4.69) is 0 Å². The van der Waals surface area contributed by atoms with Crippen LogP contribution in [-0.2, 0) is 11.2 Å². The van der Waals surface area contributed by atoms with Crippen LogP contribution in [0, 0.1) is 10.8 Å². The number of ether oxygens (including phenoxy) is 1. The molecule has 0 spiro atoms. The molecule has 2 aromatic rings. The third kappa shape index (κ3) is 3.64. The van der Waals surface area contributed by atoms with Crippen LogP contribution in [0.2, 0.25) is 0 Å². The fourth-order valence-electron chi connectivity index (χ4n) is 2.50. The van der Waals surface area contributed by atoms with E-state index in [0.717, 1.165) is 10.9 Å². The molecule has 0 bridgehead atoms. The van der Waals surface area contributed by atoms with E-state index in [9.17, 15) is 9.90 Å². The van der Waals surface area contributed by atoms with Crippen molar-refractivity contribution in [2.75, 3.05) is 7.11 Å². The summed E-state index contributed by atoms with van der Waals surface area (Å²) in [6, 6.07) is 5.50. The predicted octanol–water partition coefficient (Wildman–Crippen LogP) is 4.68. The maximum Gasteiger partial charge on any atom is 0.142 e. The van der Waals surface area contributed by atoms with Crippen LogP contribution < -0.4 is 4.74 Å². The van der Waals surface area contributed by atoms with Crippen molar-refractivity contribution in [3.05, 3.63) is 29.5 Å². The van der Waals surface area contributed by atoms with E-state index in [1.807, 2.05) is 59.7 Å². The van der Waals surface area contributed by atoms with Gasteiger partial charge in [-0.1, -0.05) is 41.5 Å². The van der Waals surface area contributed by atoms with E-state index < -0.39 is 16.9 Å². The summed E-state index contributed by atoms with van der Waals surface area (Å²) in [4.78, 5) is 12.6. The molecule has 1 aromatic heterocycles. The van der Waals surface area contributed by atoms with Crippen molar-refractivity contribution in [3.63, 3.8) is 0 Å². The minimum Gasteiger partial charge on any atom is -0.497 e. The van der Waals surface area contributed by atoms with Crippen LogP contribution in [0.15, 0.2) is 22.6 Å². The molecule has 0 saturated heterocycles. The van der Waals surface area contributed by atoms with Crippen LogP contribution in [-0.4, -0.2) is 18.0 Å². The number of aliphatic hydroxyl groups excluding tert-OH is 1. The summed E-state index contributed by atoms with van der Waals surface area (Å²) >= 11 is 0. The average Bonchev–Trinajstić information content (AvgIpc) is 2.82. The normalized spacial score (nSPS) is 14.0. The van der Waals surface area contributed by atoms with Crippen molar-refractivity contribution in [1.82, 2.24) is 0 Å². The summed E-state index contributed by atoms with van der Waals surface area (Å²) in [7, 11) is 1.60. The van der Waals surface area contributed by atoms with Gasteiger partial charge in [0.2, 0.25) is 0 Å². The number of hydrogen-bond acceptors (Lipinski definition) is 4. The van der Waals surface area contributed by atoms with Crippen molar-refractivity contribution >= 4 is 16.8 Å². The lowest BCUT2D eigenvalue weighted by Gasteiger charge is -2.25. The Balaban J connectivity index is 2.64. The topological polar surface area (TPSA) is 59.7 Å². The molecule has 1 heterocycles. The van der Waals surface area contributed by atoms with Crippen LogP contribution in [0.1, 0.15) is 59.0 Å². The van der Waals surface area contributed by atoms with Crippen LogP contribution in [0.3, 0.4) is 0 Å². The fraction of sp³-hybridized carbons (Fsp3) is 0.550. The number of ketones is 1. The van der Waals surface area contributed by atoms with Gasteiger partial charge in [0.15, 0.2) is 0 Å². The molecule has 132 valence electrons. The second kappa shape index (κ2) is 6.25. The first-order valence-corrected chi connectivity index (χ1v) is 8.26. The molecule has 0 radical (unpaired) electrons. The predicted molar refractivity (Wildman–Crippen MR) is 95.3 cm³/mol. The first kappa shape index (κ1) is 18.5. The van der Waals surface area contributed by atoms with E-state index in [1.54, 1.807) is 7.11 Å². The molecule has 24 heavy (non-hydrogen) atoms. The van der Waals surface area contributed by atoms with Crippen LogP contribution in [0.5, 0.6) is 5.75 Å². The Bertz CT molecular complexity index is 741. The van der Waals surface area contributed by atoms with Crippen LogP contribution in [0.25, 0.3) is 11.0 Å². The van der Waals surface area contributed by atoms with Crippen molar-refractivity contribution in [3.8, 4) is 5.75 Å². The Hall–Kier alpha value is -1.81. The molecular formula is C20H28O4. The van der Waals surface area contributed by atoms with E-state index in [0.29, 0.717) is 17.1 Å². The average molecular weight is 332 g/mol. The molecule has 0 aliphatic carbocycles. The second-order valence-electron chi connectivity index (χ2n) is 8.43. The Labute approximate surface area is 143 Å². The van der Waals surface area contributed by atoms with E-state index in [-0.39, 0.29) is 12.2 Å². The molecule has 0 amide bonds. The van der Waals surface area contributed by atoms with E-state index in [1.165, 1.54) is 0 Å². The van der Waals surface area contributed by atoms with E-state index >= 15 is 0 Å². The maximum atomic E-state index is 12.6. The summed E-state index contributed by atoms with van der Waals surface area (Å²) in [5, 5.41) is 11.6. The Morgan fingerprint density at radius 2 is 1.83 bits per heavy atom. The highest BCUT2D eigenvalue weighted by Crippen LogP contribution is 2.40. The lowest BCUT2D eigenvalue weighted by atomic mass is 9.83. The molecule has 2 rings (SSSR count). The molecule has 1 N–H and O–H groups in total. The Morgan fingerprint density at radius 3 is 2.33 bits per heavy atom. The van der Waals surface area contributed by atoms with Gasteiger partial charge in [-0.05, 0) is 23.6 Å². The van der Waals surface area contributed by atoms with Gasteiger partial charge in [0.25, 0.3) is 0 Å². The smallest absolute Gasteiger partial charge is 0.142 e. The van der Waals surface area contributed by atoms with E-state index in [4.69, 9.17) is 9.15 Å². The zero-order valence-electron chi connectivity index (χ0n) is 15.7. The Kier molecular flexibility index (Phi) is 4.82. The molecule has 0 fully saturated rings. The molecule has 1 aromatic carbocycles. The van der Waals surface area contributed by atoms with Gasteiger partial charge in [-0.2, -0.15) is 0 Å². The van der Waals surface area contributed by atoms with Crippen molar-refractivity contribution in [2.24, 2.45) is 10.8 Å². The van der Waals surface area contributed by atoms with Gasteiger partial charge in [-0.15, -0.1) is 0 Å². The molecule has 4 nitrogen and oxygen atoms in total. The van der Waals surface area contributed by atoms with Crippen LogP contribution >= 0.6 is 0 Å². The number of benzene rings is 1. The molecule has 1 unspecified atom stereocenters. The summed E-state index contributed by atoms with van der Waals surface area (Å²) in [5.41, 5.74) is 0.571. The summed E-state index contributed by atoms with van der Waals surface area (Å²) < 4.78 is 11.2. The fourth-order valence-corrected chi connectivity index (χ4v) is 2.50. The minimum atomic E-state index is -0.793. The molecule has 0 aliphatic rings. The number of Topliss-reactive ketones (excluding diaryl/α,β-unsaturated/α-hetero) is 1. The summed E-state index contributed by atoms with van der Waals surface area (Å²) in [6.07, 6.45) is -0.565. The number of rotatable bonds is 4. The van der Waals surface area contributed by atoms with Gasteiger partial charge in [-0.25, -0.2) is 0 Å². The lowest BCUT2D eigenvalue weighted by Crippen LogP contribution is -2.24. The standard InChI is InChI=1S/C20H28O4/c1-19(2,3)16(21)11-14-13-10-12(23-7)8-9-15(13)24-17(14)18(22)20(4,5)6/h8-10,18,22H,11H2,1-7H3. The van der Waals surface area contributed by atoms with Crippen molar-refractivity contribution in [2.45, 2.75) is 54.1 Å². The first-order chi connectivity index (χ1) is 10.9. The van der Waals surface area contributed by atoms with Crippen molar-refractivity contribution in [1.29, 1.82) is 0 Å². The summed E-state index contributed by atoms with van der Waals surface area (Å²) in [6.45, 7) is 11.5. The second-order valence-corrected chi connectivity index (χ2v) is 8.43. The third-order valence-electron chi connectivity index (χ3n) is 4.27. The number of carbonyl (C=O) groups excluding carboxylic acids is 1. The highest BCUT2D eigenvalue weighted by atomic mass is 16.5. The zero-order chi connectivity index (χ0) is 18.3. The number of methoxy groups -OCH3 is 1. The lowest BCUT2D eigenvalue weighted by molar-refractivity contribution is -0.125. The Morgan fingerprint density at radius 1 is 1.21 bits per heavy atom. The number of fused-ring (bicyclic) bond motifs is 1. The molecule has 0 saturated carbocycles. The van der Waals surface area contributed by atoms with Gasteiger partial charge in [0.05, 0.1) is 7.11 Å². The number of carbonyl (C=O) groups is 1. The molecule has 0 aliphatic heterocycles. The molecule has 4 heteroatoms. The quantitative estimate of drug-likeness (QED) is 0.883. The number of hydrogen-bond donors (Lipinski definition) is 1. The highest BCUT2D eigenvalue weighted by molar-refractivity contribution is 5.92. The zero-order valence-corrected chi connectivity index (χ0v) is 15.7. The van der Waals surface area contributed by atoms with Crippen LogP contribution in [0.4, 0.5) is 0 Å². The number of aliphatic hydroxyl groups is 1. The minimum absolute atomic E-state index is 0.107. The molecular weight excluding hydrogens is 304 g/mol. The maximum absolute atomic E-state index is 12.6. The SMILES string of the molecule is COc1ccc2oc(C(O)C(C)(C)C)c(CC(=O)C(C)(C)C)c2c1. The largest absolute Gasteiger partial charge is 0.497 e. The third-order valence-corrected chi connectivity index (χ3v) is 4.27. The summed E-state index contributed by atoms with van der Waals surface area (Å²) in [5.74, 6) is 1.28. The van der Waals surface area contributed by atoms with Gasteiger partial charge >= 0.3 is 0 Å². The monoisotopic (exact) mass is 332 g/mol. The first-order valence-electron chi connectivity index (χ1n) is 8.26. The highest BCUT2D eigenvalue weighted by Gasteiger charge is 2.33. The van der Waals surface area contributed by atoms with Gasteiger partial charge in [0, 0.05) is 22.8 Å². The van der Waals surface area contributed by atoms with Gasteiger partial charge in [-0.3, -0.25) is 4.79 Å². The van der Waals surface area contributed by atoms with Gasteiger partial charge in [0.1, 0.15) is 29.0 Å².